The molecule has 2 aliphatic rings. The van der Waals surface area contributed by atoms with Crippen LogP contribution in [0.1, 0.15) is 64.4 Å². The van der Waals surface area contributed by atoms with Gasteiger partial charge in [-0.25, -0.2) is 4.79 Å². The van der Waals surface area contributed by atoms with Gasteiger partial charge < -0.3 is 10.1 Å². The first-order valence-electron chi connectivity index (χ1n) is 10.3. The summed E-state index contributed by atoms with van der Waals surface area (Å²) < 4.78 is 7.09. The van der Waals surface area contributed by atoms with E-state index in [1.165, 1.54) is 6.42 Å². The SMILES string of the molecule is CC(=O)C1=C(C)NC(C)=C(C(=O)OC2CCCCC2)C1c1csc2ccccc12. The molecule has 1 aliphatic carbocycles. The molecule has 2 heterocycles. The Morgan fingerprint density at radius 1 is 1.03 bits per heavy atom. The zero-order chi connectivity index (χ0) is 20.5. The molecule has 2 aromatic rings. The summed E-state index contributed by atoms with van der Waals surface area (Å²) in [5.74, 6) is -0.722. The van der Waals surface area contributed by atoms with Gasteiger partial charge in [-0.2, -0.15) is 0 Å². The van der Waals surface area contributed by atoms with E-state index in [2.05, 4.69) is 22.8 Å². The third-order valence-electron chi connectivity index (χ3n) is 6.01. The van der Waals surface area contributed by atoms with Crippen LogP contribution in [0.2, 0.25) is 0 Å². The highest BCUT2D eigenvalue weighted by Gasteiger charge is 2.37. The maximum atomic E-state index is 13.3. The quantitative estimate of drug-likeness (QED) is 0.668. The van der Waals surface area contributed by atoms with Crippen LogP contribution in [0.5, 0.6) is 0 Å². The molecule has 0 spiro atoms. The van der Waals surface area contributed by atoms with Crippen molar-refractivity contribution in [1.29, 1.82) is 0 Å². The van der Waals surface area contributed by atoms with Crippen LogP contribution in [0.15, 0.2) is 52.2 Å². The zero-order valence-corrected chi connectivity index (χ0v) is 18.0. The number of thiophene rings is 1. The Hall–Kier alpha value is -2.40. The molecule has 0 bridgehead atoms. The highest BCUT2D eigenvalue weighted by molar-refractivity contribution is 7.17. The minimum Gasteiger partial charge on any atom is -0.459 e. The highest BCUT2D eigenvalue weighted by Crippen LogP contribution is 2.43. The van der Waals surface area contributed by atoms with Crippen molar-refractivity contribution in [2.75, 3.05) is 0 Å². The summed E-state index contributed by atoms with van der Waals surface area (Å²) in [6, 6.07) is 8.15. The van der Waals surface area contributed by atoms with E-state index < -0.39 is 5.92 Å². The van der Waals surface area contributed by atoms with Crippen molar-refractivity contribution in [3.05, 3.63) is 57.7 Å². The van der Waals surface area contributed by atoms with E-state index in [0.29, 0.717) is 11.1 Å². The highest BCUT2D eigenvalue weighted by atomic mass is 32.1. The third kappa shape index (κ3) is 3.76. The van der Waals surface area contributed by atoms with Gasteiger partial charge in [0.15, 0.2) is 5.78 Å². The van der Waals surface area contributed by atoms with Crippen molar-refractivity contribution in [3.63, 3.8) is 0 Å². The van der Waals surface area contributed by atoms with E-state index in [1.807, 2.05) is 26.0 Å². The smallest absolute Gasteiger partial charge is 0.337 e. The van der Waals surface area contributed by atoms with Crippen molar-refractivity contribution in [2.45, 2.75) is 64.9 Å². The number of carbonyl (C=O) groups excluding carboxylic acids is 2. The van der Waals surface area contributed by atoms with E-state index in [4.69, 9.17) is 4.74 Å². The second kappa shape index (κ2) is 8.15. The molecule has 0 saturated heterocycles. The number of ether oxygens (including phenoxy) is 1. The van der Waals surface area contributed by atoms with Crippen molar-refractivity contribution in [1.82, 2.24) is 5.32 Å². The first kappa shape index (κ1) is 19.9. The number of allylic oxidation sites excluding steroid dienone is 3. The predicted molar refractivity (Wildman–Crippen MR) is 117 cm³/mol. The average Bonchev–Trinajstić information content (AvgIpc) is 3.11. The number of benzene rings is 1. The molecule has 1 N–H and O–H groups in total. The van der Waals surface area contributed by atoms with Gasteiger partial charge in [-0.3, -0.25) is 4.79 Å². The molecule has 1 aromatic carbocycles. The van der Waals surface area contributed by atoms with Gasteiger partial charge in [-0.1, -0.05) is 24.6 Å². The van der Waals surface area contributed by atoms with Gasteiger partial charge in [0.25, 0.3) is 0 Å². The van der Waals surface area contributed by atoms with Gasteiger partial charge in [-0.15, -0.1) is 11.3 Å². The second-order valence-electron chi connectivity index (χ2n) is 8.04. The molecule has 1 aliphatic heterocycles. The lowest BCUT2D eigenvalue weighted by Gasteiger charge is -2.31. The fourth-order valence-corrected chi connectivity index (χ4v) is 5.65. The van der Waals surface area contributed by atoms with E-state index in [9.17, 15) is 9.59 Å². The first-order valence-corrected chi connectivity index (χ1v) is 11.2. The molecule has 1 unspecified atom stereocenters. The molecule has 4 nitrogen and oxygen atoms in total. The minimum atomic E-state index is -0.402. The number of hydrogen-bond acceptors (Lipinski definition) is 5. The van der Waals surface area contributed by atoms with E-state index in [-0.39, 0.29) is 17.9 Å². The molecule has 5 heteroatoms. The van der Waals surface area contributed by atoms with Gasteiger partial charge in [0, 0.05) is 27.6 Å². The number of fused-ring (bicyclic) bond motifs is 1. The van der Waals surface area contributed by atoms with Gasteiger partial charge in [0.05, 0.1) is 5.57 Å². The lowest BCUT2D eigenvalue weighted by Crippen LogP contribution is -2.33. The van der Waals surface area contributed by atoms with Crippen molar-refractivity contribution >= 4 is 33.2 Å². The maximum Gasteiger partial charge on any atom is 0.337 e. The standard InChI is InChI=1S/C24H27NO3S/c1-14-21(16(3)26)23(19-13-29-20-12-8-7-11-18(19)20)22(15(2)25-14)24(27)28-17-9-5-4-6-10-17/h7-8,11-13,17,23,25H,4-6,9-10H2,1-3H3. The Morgan fingerprint density at radius 3 is 2.45 bits per heavy atom. The fourth-order valence-electron chi connectivity index (χ4n) is 4.66. The van der Waals surface area contributed by atoms with Crippen LogP contribution in [-0.4, -0.2) is 17.9 Å². The molecule has 1 aromatic heterocycles. The maximum absolute atomic E-state index is 13.3. The topological polar surface area (TPSA) is 55.4 Å². The van der Waals surface area contributed by atoms with Crippen molar-refractivity contribution in [2.24, 2.45) is 0 Å². The molecule has 29 heavy (non-hydrogen) atoms. The van der Waals surface area contributed by atoms with Crippen LogP contribution in [-0.2, 0) is 14.3 Å². The van der Waals surface area contributed by atoms with Crippen LogP contribution in [0.25, 0.3) is 10.1 Å². The van der Waals surface area contributed by atoms with E-state index >= 15 is 0 Å². The lowest BCUT2D eigenvalue weighted by molar-refractivity contribution is -0.146. The number of carbonyl (C=O) groups is 2. The number of esters is 1. The third-order valence-corrected chi connectivity index (χ3v) is 6.99. The largest absolute Gasteiger partial charge is 0.459 e. The van der Waals surface area contributed by atoms with E-state index in [0.717, 1.165) is 52.7 Å². The average molecular weight is 410 g/mol. The summed E-state index contributed by atoms with van der Waals surface area (Å²) in [4.78, 5) is 26.0. The van der Waals surface area contributed by atoms with Gasteiger partial charge in [-0.05, 0) is 68.9 Å². The molecule has 1 atom stereocenters. The zero-order valence-electron chi connectivity index (χ0n) is 17.2. The summed E-state index contributed by atoms with van der Waals surface area (Å²) in [6.07, 6.45) is 5.23. The summed E-state index contributed by atoms with van der Waals surface area (Å²) >= 11 is 1.64. The van der Waals surface area contributed by atoms with Crippen molar-refractivity contribution in [3.8, 4) is 0 Å². The first-order chi connectivity index (χ1) is 14.0. The summed E-state index contributed by atoms with van der Waals surface area (Å²) in [5.41, 5.74) is 3.80. The molecular formula is C24H27NO3S. The van der Waals surface area contributed by atoms with Gasteiger partial charge >= 0.3 is 5.97 Å². The Balaban J connectivity index is 1.80. The second-order valence-corrected chi connectivity index (χ2v) is 8.96. The summed E-state index contributed by atoms with van der Waals surface area (Å²) in [7, 11) is 0. The Morgan fingerprint density at radius 2 is 1.72 bits per heavy atom. The Kier molecular flexibility index (Phi) is 5.59. The number of hydrogen-bond donors (Lipinski definition) is 1. The van der Waals surface area contributed by atoms with Crippen LogP contribution in [0.4, 0.5) is 0 Å². The molecule has 152 valence electrons. The monoisotopic (exact) mass is 409 g/mol. The van der Waals surface area contributed by atoms with Crippen LogP contribution in [0.3, 0.4) is 0 Å². The lowest BCUT2D eigenvalue weighted by atomic mass is 9.79. The Labute approximate surface area is 175 Å². The molecule has 1 fully saturated rings. The molecule has 1 saturated carbocycles. The number of dihydropyridines is 1. The number of nitrogens with one attached hydrogen (secondary N) is 1. The van der Waals surface area contributed by atoms with Crippen molar-refractivity contribution < 1.29 is 14.3 Å². The van der Waals surface area contributed by atoms with Crippen LogP contribution >= 0.6 is 11.3 Å². The molecule has 0 amide bonds. The fraction of sp³-hybridized carbons (Fsp3) is 0.417. The molecule has 0 radical (unpaired) electrons. The van der Waals surface area contributed by atoms with Crippen LogP contribution < -0.4 is 5.32 Å². The normalized spacial score (nSPS) is 20.7. The summed E-state index contributed by atoms with van der Waals surface area (Å²) in [5, 5.41) is 6.43. The van der Waals surface area contributed by atoms with Gasteiger partial charge in [0.1, 0.15) is 6.10 Å². The number of ketones is 1. The number of Topliss-reactive ketones (excluding diaryl/α,β-unsaturated/α-hetero) is 1. The van der Waals surface area contributed by atoms with E-state index in [1.54, 1.807) is 18.3 Å². The minimum absolute atomic E-state index is 0.0225. The van der Waals surface area contributed by atoms with Gasteiger partial charge in [0.2, 0.25) is 0 Å². The molecule has 4 rings (SSSR count). The summed E-state index contributed by atoms with van der Waals surface area (Å²) in [6.45, 7) is 5.39. The number of rotatable bonds is 4. The predicted octanol–water partition coefficient (Wildman–Crippen LogP) is 5.60. The van der Waals surface area contributed by atoms with Crippen LogP contribution in [0, 0.1) is 0 Å². The molecular weight excluding hydrogens is 382 g/mol. The Bertz CT molecular complexity index is 1020.